The Balaban J connectivity index is 2.34. The molecule has 2 atom stereocenters. The molecule has 0 radical (unpaired) electrons. The Morgan fingerprint density at radius 2 is 1.95 bits per heavy atom. The van der Waals surface area contributed by atoms with Gasteiger partial charge in [-0.15, -0.1) is 0 Å². The van der Waals surface area contributed by atoms with Crippen LogP contribution in [0.15, 0.2) is 24.3 Å². The number of aliphatic carboxylic acids is 1. The highest BCUT2D eigenvalue weighted by atomic mass is 16.4. The average molecular weight is 290 g/mol. The highest BCUT2D eigenvalue weighted by molar-refractivity contribution is 5.90. The molecule has 0 fully saturated rings. The number of para-hydroxylation sites is 1. The van der Waals surface area contributed by atoms with Gasteiger partial charge in [0.15, 0.2) is 0 Å². The van der Waals surface area contributed by atoms with E-state index in [1.54, 1.807) is 16.7 Å². The molecule has 1 aromatic rings. The summed E-state index contributed by atoms with van der Waals surface area (Å²) in [5, 5.41) is 9.47. The predicted octanol–water partition coefficient (Wildman–Crippen LogP) is 1.76. The summed E-state index contributed by atoms with van der Waals surface area (Å²) in [4.78, 5) is 27.6. The van der Waals surface area contributed by atoms with E-state index in [9.17, 15) is 14.7 Å². The van der Waals surface area contributed by atoms with Crippen molar-refractivity contribution in [2.24, 2.45) is 0 Å². The molecule has 0 bridgehead atoms. The number of hydrogen-bond acceptors (Lipinski definition) is 3. The molecule has 1 aliphatic rings. The van der Waals surface area contributed by atoms with Gasteiger partial charge in [0.25, 0.3) is 0 Å². The molecule has 1 amide bonds. The van der Waals surface area contributed by atoms with Crippen molar-refractivity contribution in [1.29, 1.82) is 0 Å². The van der Waals surface area contributed by atoms with Crippen molar-refractivity contribution in [3.8, 4) is 0 Å². The lowest BCUT2D eigenvalue weighted by Gasteiger charge is -2.33. The van der Waals surface area contributed by atoms with E-state index in [2.05, 4.69) is 0 Å². The number of carbonyl (C=O) groups is 2. The standard InChI is InChI=1S/C16H22N2O3/c1-4-17(5-2)15(19)11(3)18-13-9-7-6-8-12(13)10-14(18)16(20)21/h6-9,11,14H,4-5,10H2,1-3H3,(H,20,21). The summed E-state index contributed by atoms with van der Waals surface area (Å²) in [6, 6.07) is 6.46. The Kier molecular flexibility index (Phi) is 4.50. The van der Waals surface area contributed by atoms with E-state index in [1.807, 2.05) is 38.1 Å². The van der Waals surface area contributed by atoms with Crippen LogP contribution in [0.3, 0.4) is 0 Å². The Morgan fingerprint density at radius 1 is 1.33 bits per heavy atom. The van der Waals surface area contributed by atoms with Crippen LogP contribution in [0.25, 0.3) is 0 Å². The van der Waals surface area contributed by atoms with Gasteiger partial charge in [-0.3, -0.25) is 4.79 Å². The monoisotopic (exact) mass is 290 g/mol. The molecule has 21 heavy (non-hydrogen) atoms. The van der Waals surface area contributed by atoms with E-state index in [4.69, 9.17) is 0 Å². The molecular weight excluding hydrogens is 268 g/mol. The number of carboxylic acids is 1. The summed E-state index contributed by atoms with van der Waals surface area (Å²) < 4.78 is 0. The van der Waals surface area contributed by atoms with Crippen molar-refractivity contribution in [3.63, 3.8) is 0 Å². The highest BCUT2D eigenvalue weighted by Gasteiger charge is 2.39. The van der Waals surface area contributed by atoms with E-state index in [0.717, 1.165) is 11.3 Å². The van der Waals surface area contributed by atoms with Crippen LogP contribution < -0.4 is 4.90 Å². The molecule has 114 valence electrons. The second-order valence-corrected chi connectivity index (χ2v) is 5.28. The topological polar surface area (TPSA) is 60.9 Å². The largest absolute Gasteiger partial charge is 0.480 e. The van der Waals surface area contributed by atoms with Gasteiger partial charge in [-0.25, -0.2) is 4.79 Å². The molecule has 1 aromatic carbocycles. The molecule has 0 saturated carbocycles. The molecule has 5 heteroatoms. The van der Waals surface area contributed by atoms with E-state index >= 15 is 0 Å². The quantitative estimate of drug-likeness (QED) is 0.897. The van der Waals surface area contributed by atoms with Gasteiger partial charge in [-0.05, 0) is 32.4 Å². The molecule has 0 aliphatic carbocycles. The molecule has 1 N–H and O–H groups in total. The molecule has 0 aromatic heterocycles. The molecule has 1 heterocycles. The third-order valence-electron chi connectivity index (χ3n) is 4.15. The van der Waals surface area contributed by atoms with Crippen LogP contribution in [0, 0.1) is 0 Å². The number of benzene rings is 1. The third-order valence-corrected chi connectivity index (χ3v) is 4.15. The SMILES string of the molecule is CCN(CC)C(=O)C(C)N1c2ccccc2CC1C(=O)O. The molecular formula is C16H22N2O3. The van der Waals surface area contributed by atoms with Gasteiger partial charge in [0.1, 0.15) is 12.1 Å². The fourth-order valence-corrected chi connectivity index (χ4v) is 3.01. The van der Waals surface area contributed by atoms with Gasteiger partial charge in [-0.2, -0.15) is 0 Å². The number of rotatable bonds is 5. The number of fused-ring (bicyclic) bond motifs is 1. The van der Waals surface area contributed by atoms with Crippen molar-refractivity contribution in [2.75, 3.05) is 18.0 Å². The molecule has 2 rings (SSSR count). The van der Waals surface area contributed by atoms with Crippen LogP contribution in [0.5, 0.6) is 0 Å². The van der Waals surface area contributed by atoms with Crippen LogP contribution in [0.2, 0.25) is 0 Å². The van der Waals surface area contributed by atoms with Crippen LogP contribution in [-0.4, -0.2) is 47.1 Å². The molecule has 5 nitrogen and oxygen atoms in total. The van der Waals surface area contributed by atoms with Gasteiger partial charge in [0.2, 0.25) is 5.91 Å². The fraction of sp³-hybridized carbons (Fsp3) is 0.500. The number of likely N-dealkylation sites (N-methyl/N-ethyl adjacent to an activating group) is 1. The summed E-state index contributed by atoms with van der Waals surface area (Å²) in [6.45, 7) is 6.92. The van der Waals surface area contributed by atoms with E-state index in [0.29, 0.717) is 19.5 Å². The normalized spacial score (nSPS) is 18.2. The van der Waals surface area contributed by atoms with Crippen LogP contribution in [0.4, 0.5) is 5.69 Å². The average Bonchev–Trinajstić information content (AvgIpc) is 2.87. The van der Waals surface area contributed by atoms with Gasteiger partial charge in [0, 0.05) is 25.2 Å². The minimum absolute atomic E-state index is 0.0250. The number of carboxylic acid groups (broad SMARTS) is 1. The first kappa shape index (κ1) is 15.4. The van der Waals surface area contributed by atoms with Crippen LogP contribution in [-0.2, 0) is 16.0 Å². The molecule has 0 saturated heterocycles. The summed E-state index contributed by atoms with van der Waals surface area (Å²) in [6.07, 6.45) is 0.446. The Labute approximate surface area is 125 Å². The van der Waals surface area contributed by atoms with E-state index < -0.39 is 18.1 Å². The van der Waals surface area contributed by atoms with Crippen molar-refractivity contribution in [2.45, 2.75) is 39.3 Å². The maximum atomic E-state index is 12.6. The number of carbonyl (C=O) groups excluding carboxylic acids is 1. The molecule has 2 unspecified atom stereocenters. The number of hydrogen-bond donors (Lipinski definition) is 1. The van der Waals surface area contributed by atoms with Crippen molar-refractivity contribution < 1.29 is 14.7 Å². The van der Waals surface area contributed by atoms with Gasteiger partial charge in [0.05, 0.1) is 0 Å². The Morgan fingerprint density at radius 3 is 2.52 bits per heavy atom. The van der Waals surface area contributed by atoms with E-state index in [-0.39, 0.29) is 5.91 Å². The fourth-order valence-electron chi connectivity index (χ4n) is 3.01. The smallest absolute Gasteiger partial charge is 0.326 e. The second kappa shape index (κ2) is 6.16. The maximum Gasteiger partial charge on any atom is 0.326 e. The number of nitrogens with zero attached hydrogens (tertiary/aromatic N) is 2. The van der Waals surface area contributed by atoms with Gasteiger partial charge < -0.3 is 14.9 Å². The van der Waals surface area contributed by atoms with Gasteiger partial charge >= 0.3 is 5.97 Å². The van der Waals surface area contributed by atoms with Crippen LogP contribution >= 0.6 is 0 Å². The third kappa shape index (κ3) is 2.73. The number of amides is 1. The summed E-state index contributed by atoms with van der Waals surface area (Å²) in [5.41, 5.74) is 1.85. The Bertz CT molecular complexity index is 540. The predicted molar refractivity (Wildman–Crippen MR) is 81.4 cm³/mol. The zero-order chi connectivity index (χ0) is 15.6. The zero-order valence-corrected chi connectivity index (χ0v) is 12.7. The lowest BCUT2D eigenvalue weighted by Crippen LogP contribution is -2.52. The van der Waals surface area contributed by atoms with Crippen molar-refractivity contribution in [3.05, 3.63) is 29.8 Å². The Hall–Kier alpha value is -2.04. The first-order valence-corrected chi connectivity index (χ1v) is 7.39. The van der Waals surface area contributed by atoms with Crippen molar-refractivity contribution >= 4 is 17.6 Å². The summed E-state index contributed by atoms with van der Waals surface area (Å²) >= 11 is 0. The van der Waals surface area contributed by atoms with Crippen LogP contribution in [0.1, 0.15) is 26.3 Å². The van der Waals surface area contributed by atoms with E-state index in [1.165, 1.54) is 0 Å². The summed E-state index contributed by atoms with van der Waals surface area (Å²) in [7, 11) is 0. The summed E-state index contributed by atoms with van der Waals surface area (Å²) in [5.74, 6) is -0.909. The minimum Gasteiger partial charge on any atom is -0.480 e. The lowest BCUT2D eigenvalue weighted by atomic mass is 10.1. The zero-order valence-electron chi connectivity index (χ0n) is 12.7. The highest BCUT2D eigenvalue weighted by Crippen LogP contribution is 2.34. The molecule has 1 aliphatic heterocycles. The second-order valence-electron chi connectivity index (χ2n) is 5.28. The minimum atomic E-state index is -0.884. The first-order chi connectivity index (χ1) is 10.0. The van der Waals surface area contributed by atoms with Gasteiger partial charge in [-0.1, -0.05) is 18.2 Å². The first-order valence-electron chi connectivity index (χ1n) is 7.39. The lowest BCUT2D eigenvalue weighted by molar-refractivity contribution is -0.139. The number of anilines is 1. The maximum absolute atomic E-state index is 12.6. The molecule has 0 spiro atoms. The van der Waals surface area contributed by atoms with Crippen molar-refractivity contribution in [1.82, 2.24) is 4.90 Å².